The summed E-state index contributed by atoms with van der Waals surface area (Å²) in [6.45, 7) is 4.31. The predicted molar refractivity (Wildman–Crippen MR) is 134 cm³/mol. The largest absolute Gasteiger partial charge is 0.332 e. The van der Waals surface area contributed by atoms with Crippen molar-refractivity contribution in [3.8, 4) is 11.3 Å². The minimum absolute atomic E-state index is 0.0898. The molecule has 7 heteroatoms. The first-order chi connectivity index (χ1) is 16.4. The molecule has 1 aromatic heterocycles. The molecular weight excluding hydrogens is 451 g/mol. The van der Waals surface area contributed by atoms with E-state index in [0.29, 0.717) is 11.6 Å². The van der Waals surface area contributed by atoms with Crippen molar-refractivity contribution in [2.75, 3.05) is 5.32 Å². The van der Waals surface area contributed by atoms with Crippen molar-refractivity contribution in [3.63, 3.8) is 0 Å². The van der Waals surface area contributed by atoms with E-state index in [0.717, 1.165) is 11.3 Å². The van der Waals surface area contributed by atoms with Crippen LogP contribution >= 0.6 is 11.6 Å². The van der Waals surface area contributed by atoms with Crippen molar-refractivity contribution in [2.45, 2.75) is 26.4 Å². The van der Waals surface area contributed by atoms with Gasteiger partial charge in [-0.15, -0.1) is 0 Å². The van der Waals surface area contributed by atoms with Crippen molar-refractivity contribution >= 4 is 29.1 Å². The summed E-state index contributed by atoms with van der Waals surface area (Å²) >= 11 is 5.96. The summed E-state index contributed by atoms with van der Waals surface area (Å²) in [6.07, 6.45) is 1.45. The molecule has 0 aliphatic heterocycles. The molecule has 1 amide bonds. The Morgan fingerprint density at radius 2 is 1.68 bits per heavy atom. The molecule has 4 rings (SSSR count). The molecule has 0 spiro atoms. The summed E-state index contributed by atoms with van der Waals surface area (Å²) < 4.78 is 14.8. The zero-order valence-electron chi connectivity index (χ0n) is 18.9. The number of hydrogen-bond donors (Lipinski definition) is 1. The Labute approximate surface area is 203 Å². The third-order valence-corrected chi connectivity index (χ3v) is 5.58. The maximum Gasteiger partial charge on any atom is 0.258 e. The van der Waals surface area contributed by atoms with Gasteiger partial charge in [0, 0.05) is 35.1 Å². The van der Waals surface area contributed by atoms with E-state index in [4.69, 9.17) is 11.6 Å². The molecule has 3 aromatic carbocycles. The molecule has 1 N–H and O–H groups in total. The van der Waals surface area contributed by atoms with E-state index in [1.165, 1.54) is 12.3 Å². The molecule has 1 heterocycles. The average molecular weight is 475 g/mol. The van der Waals surface area contributed by atoms with Crippen molar-refractivity contribution < 1.29 is 9.18 Å². The van der Waals surface area contributed by atoms with Crippen molar-refractivity contribution in [2.24, 2.45) is 0 Å². The van der Waals surface area contributed by atoms with Gasteiger partial charge in [-0.05, 0) is 55.8 Å². The van der Waals surface area contributed by atoms with E-state index < -0.39 is 5.82 Å². The SMILES string of the molecule is CC(C)N(Cc1ccccc1)C(=O)c1cnc(Nc2ccc(Cl)cc2)nc1-c1ccccc1F. The number of nitrogens with zero attached hydrogens (tertiary/aromatic N) is 3. The van der Waals surface area contributed by atoms with Crippen molar-refractivity contribution in [1.29, 1.82) is 0 Å². The van der Waals surface area contributed by atoms with Crippen LogP contribution in [0.3, 0.4) is 0 Å². The Morgan fingerprint density at radius 1 is 1.00 bits per heavy atom. The standard InChI is InChI=1S/C27H24ClFN4O/c1-18(2)33(17-19-8-4-3-5-9-19)26(34)23-16-30-27(31-21-14-12-20(28)13-15-21)32-25(23)22-10-6-7-11-24(22)29/h3-16,18H,17H2,1-2H3,(H,30,31,32). The van der Waals surface area contributed by atoms with Crippen LogP contribution in [0.2, 0.25) is 5.02 Å². The fourth-order valence-electron chi connectivity index (χ4n) is 3.54. The van der Waals surface area contributed by atoms with Crippen LogP contribution in [0.15, 0.2) is 85.1 Å². The third-order valence-electron chi connectivity index (χ3n) is 5.33. The minimum Gasteiger partial charge on any atom is -0.332 e. The number of anilines is 2. The van der Waals surface area contributed by atoms with Crippen LogP contribution in [0.25, 0.3) is 11.3 Å². The lowest BCUT2D eigenvalue weighted by atomic mass is 10.0. The van der Waals surface area contributed by atoms with E-state index in [9.17, 15) is 9.18 Å². The fraction of sp³-hybridized carbons (Fsp3) is 0.148. The van der Waals surface area contributed by atoms with Crippen LogP contribution < -0.4 is 5.32 Å². The summed E-state index contributed by atoms with van der Waals surface area (Å²) in [5.74, 6) is -0.488. The van der Waals surface area contributed by atoms with Gasteiger partial charge >= 0.3 is 0 Å². The van der Waals surface area contributed by atoms with Gasteiger partial charge < -0.3 is 10.2 Å². The molecule has 0 unspecified atom stereocenters. The number of aromatic nitrogens is 2. The highest BCUT2D eigenvalue weighted by Crippen LogP contribution is 2.28. The van der Waals surface area contributed by atoms with E-state index in [1.54, 1.807) is 47.4 Å². The van der Waals surface area contributed by atoms with Gasteiger partial charge in [0.2, 0.25) is 5.95 Å². The van der Waals surface area contributed by atoms with Crippen LogP contribution in [0.4, 0.5) is 16.0 Å². The molecule has 0 bridgehead atoms. The maximum absolute atomic E-state index is 14.8. The lowest BCUT2D eigenvalue weighted by Crippen LogP contribution is -2.37. The van der Waals surface area contributed by atoms with E-state index >= 15 is 0 Å². The molecular formula is C27H24ClFN4O. The quantitative estimate of drug-likeness (QED) is 0.322. The van der Waals surface area contributed by atoms with Gasteiger partial charge in [-0.3, -0.25) is 4.79 Å². The highest BCUT2D eigenvalue weighted by atomic mass is 35.5. The number of hydrogen-bond acceptors (Lipinski definition) is 4. The molecule has 4 aromatic rings. The van der Waals surface area contributed by atoms with Gasteiger partial charge in [0.05, 0.1) is 11.3 Å². The molecule has 0 atom stereocenters. The second-order valence-electron chi connectivity index (χ2n) is 8.08. The normalized spacial score (nSPS) is 10.9. The van der Waals surface area contributed by atoms with Crippen molar-refractivity contribution in [1.82, 2.24) is 14.9 Å². The zero-order valence-corrected chi connectivity index (χ0v) is 19.6. The Bertz CT molecular complexity index is 1280. The first-order valence-corrected chi connectivity index (χ1v) is 11.3. The first-order valence-electron chi connectivity index (χ1n) is 10.9. The topological polar surface area (TPSA) is 58.1 Å². The predicted octanol–water partition coefficient (Wildman–Crippen LogP) is 6.73. The molecule has 0 fully saturated rings. The summed E-state index contributed by atoms with van der Waals surface area (Å²) in [4.78, 5) is 24.3. The molecule has 0 aliphatic rings. The first kappa shape index (κ1) is 23.4. The number of halogens is 2. The number of benzene rings is 3. The summed E-state index contributed by atoms with van der Waals surface area (Å²) in [5.41, 5.74) is 2.41. The third kappa shape index (κ3) is 5.41. The Morgan fingerprint density at radius 3 is 2.35 bits per heavy atom. The number of carbonyl (C=O) groups is 1. The van der Waals surface area contributed by atoms with E-state index in [-0.39, 0.29) is 34.7 Å². The maximum atomic E-state index is 14.8. The molecule has 172 valence electrons. The molecule has 0 saturated heterocycles. The Hall–Kier alpha value is -3.77. The molecule has 34 heavy (non-hydrogen) atoms. The second kappa shape index (κ2) is 10.4. The van der Waals surface area contributed by atoms with E-state index in [1.807, 2.05) is 44.2 Å². The van der Waals surface area contributed by atoms with Crippen LogP contribution in [-0.4, -0.2) is 26.8 Å². The Kier molecular flexibility index (Phi) is 7.18. The van der Waals surface area contributed by atoms with E-state index in [2.05, 4.69) is 15.3 Å². The molecule has 0 saturated carbocycles. The summed E-state index contributed by atoms with van der Waals surface area (Å²) in [5, 5.41) is 3.69. The van der Waals surface area contributed by atoms with Crippen LogP contribution in [-0.2, 0) is 6.54 Å². The molecule has 5 nitrogen and oxygen atoms in total. The highest BCUT2D eigenvalue weighted by molar-refractivity contribution is 6.30. The fourth-order valence-corrected chi connectivity index (χ4v) is 3.67. The van der Waals surface area contributed by atoms with Gasteiger partial charge in [0.15, 0.2) is 0 Å². The second-order valence-corrected chi connectivity index (χ2v) is 8.52. The number of amides is 1. The van der Waals surface area contributed by atoms with Crippen LogP contribution in [0, 0.1) is 5.82 Å². The van der Waals surface area contributed by atoms with Crippen LogP contribution in [0.1, 0.15) is 29.8 Å². The average Bonchev–Trinajstić information content (AvgIpc) is 2.84. The number of nitrogens with one attached hydrogen (secondary N) is 1. The Balaban J connectivity index is 1.75. The minimum atomic E-state index is -0.466. The van der Waals surface area contributed by atoms with Gasteiger partial charge in [0.25, 0.3) is 5.91 Å². The lowest BCUT2D eigenvalue weighted by molar-refractivity contribution is 0.0690. The van der Waals surface area contributed by atoms with Crippen molar-refractivity contribution in [3.05, 3.63) is 107 Å². The summed E-state index contributed by atoms with van der Waals surface area (Å²) in [7, 11) is 0. The van der Waals surface area contributed by atoms with Gasteiger partial charge in [-0.25, -0.2) is 14.4 Å². The zero-order chi connectivity index (χ0) is 24.1. The smallest absolute Gasteiger partial charge is 0.258 e. The van der Waals surface area contributed by atoms with Gasteiger partial charge in [-0.1, -0.05) is 54.1 Å². The number of carbonyl (C=O) groups excluding carboxylic acids is 1. The van der Waals surface area contributed by atoms with Crippen LogP contribution in [0.5, 0.6) is 0 Å². The number of rotatable bonds is 7. The van der Waals surface area contributed by atoms with Gasteiger partial charge in [-0.2, -0.15) is 0 Å². The lowest BCUT2D eigenvalue weighted by Gasteiger charge is -2.27. The monoisotopic (exact) mass is 474 g/mol. The molecule has 0 radical (unpaired) electrons. The van der Waals surface area contributed by atoms with Gasteiger partial charge in [0.1, 0.15) is 5.82 Å². The highest BCUT2D eigenvalue weighted by Gasteiger charge is 2.25. The summed E-state index contributed by atoms with van der Waals surface area (Å²) in [6, 6.07) is 23.0. The molecule has 0 aliphatic carbocycles.